The molecule has 0 aliphatic heterocycles. The summed E-state index contributed by atoms with van der Waals surface area (Å²) in [7, 11) is 2.70. The number of rotatable bonds is 2. The first kappa shape index (κ1) is 11.0. The fourth-order valence-electron chi connectivity index (χ4n) is 0.995. The van der Waals surface area contributed by atoms with Gasteiger partial charge in [-0.15, -0.1) is 0 Å². The van der Waals surface area contributed by atoms with Gasteiger partial charge < -0.3 is 9.84 Å². The van der Waals surface area contributed by atoms with Gasteiger partial charge in [0.2, 0.25) is 0 Å². The van der Waals surface area contributed by atoms with E-state index in [9.17, 15) is 0 Å². The van der Waals surface area contributed by atoms with Crippen LogP contribution in [0.25, 0.3) is 0 Å². The Morgan fingerprint density at radius 3 is 2.25 bits per heavy atom. The Morgan fingerprint density at radius 1 is 1.25 bits per heavy atom. The van der Waals surface area contributed by atoms with Crippen LogP contribution in [-0.2, 0) is 6.42 Å². The van der Waals surface area contributed by atoms with Crippen LogP contribution in [-0.4, -0.2) is 19.3 Å². The van der Waals surface area contributed by atoms with Gasteiger partial charge in [-0.2, -0.15) is 0 Å². The van der Waals surface area contributed by atoms with Crippen molar-refractivity contribution in [2.24, 2.45) is 0 Å². The van der Waals surface area contributed by atoms with Gasteiger partial charge >= 0.3 is 0 Å². The lowest BCUT2D eigenvalue weighted by Gasteiger charge is -2.03. The molecule has 12 heavy (non-hydrogen) atoms. The Bertz CT molecular complexity index is 186. The molecule has 0 heterocycles. The predicted octanol–water partition coefficient (Wildman–Crippen LogP) is 1.87. The molecule has 0 fully saturated rings. The Balaban J connectivity index is 0.000000561. The molecule has 0 aliphatic carbocycles. The number of ether oxygens (including phenoxy) is 1. The summed E-state index contributed by atoms with van der Waals surface area (Å²) in [4.78, 5) is 0. The number of aryl methyl sites for hydroxylation is 1. The fraction of sp³-hybridized carbons (Fsp3) is 0.400. The van der Waals surface area contributed by atoms with Gasteiger partial charge in [0.15, 0.2) is 0 Å². The minimum Gasteiger partial charge on any atom is -0.496 e. The van der Waals surface area contributed by atoms with E-state index in [1.165, 1.54) is 5.56 Å². The molecule has 0 amide bonds. The van der Waals surface area contributed by atoms with Gasteiger partial charge in [-0.25, -0.2) is 0 Å². The van der Waals surface area contributed by atoms with Crippen LogP contribution in [0.2, 0.25) is 0 Å². The highest BCUT2D eigenvalue weighted by Crippen LogP contribution is 2.16. The number of hydrogen-bond acceptors (Lipinski definition) is 2. The summed E-state index contributed by atoms with van der Waals surface area (Å²) >= 11 is 0. The molecule has 1 N–H and O–H groups in total. The quantitative estimate of drug-likeness (QED) is 0.730. The van der Waals surface area contributed by atoms with Crippen molar-refractivity contribution < 1.29 is 9.84 Å². The van der Waals surface area contributed by atoms with Crippen molar-refractivity contribution in [3.8, 4) is 5.75 Å². The molecular weight excluding hydrogens is 152 g/mol. The van der Waals surface area contributed by atoms with Crippen LogP contribution in [0.4, 0.5) is 0 Å². The maximum atomic E-state index is 7.00. The van der Waals surface area contributed by atoms with E-state index < -0.39 is 0 Å². The SMILES string of the molecule is CCc1ccccc1OC.CO. The molecule has 0 unspecified atom stereocenters. The minimum atomic E-state index is 0.991. The number of methoxy groups -OCH3 is 1. The van der Waals surface area contributed by atoms with Crippen molar-refractivity contribution in [1.29, 1.82) is 0 Å². The summed E-state index contributed by atoms with van der Waals surface area (Å²) in [5.74, 6) is 0.991. The van der Waals surface area contributed by atoms with Crippen LogP contribution in [0.5, 0.6) is 5.75 Å². The molecule has 1 aromatic carbocycles. The molecule has 1 rings (SSSR count). The molecule has 2 nitrogen and oxygen atoms in total. The maximum absolute atomic E-state index is 7.00. The Labute approximate surface area is 73.8 Å². The highest BCUT2D eigenvalue weighted by atomic mass is 16.5. The standard InChI is InChI=1S/C9H12O.CH4O/c1-3-8-6-4-5-7-9(8)10-2;1-2/h4-7H,3H2,1-2H3;2H,1H3. The zero-order valence-corrected chi connectivity index (χ0v) is 7.87. The van der Waals surface area contributed by atoms with Gasteiger partial charge in [0.25, 0.3) is 0 Å². The molecule has 1 aromatic rings. The monoisotopic (exact) mass is 168 g/mol. The molecular formula is C10H16O2. The molecule has 68 valence electrons. The zero-order chi connectivity index (χ0) is 9.40. The summed E-state index contributed by atoms with van der Waals surface area (Å²) < 4.78 is 5.14. The van der Waals surface area contributed by atoms with Gasteiger partial charge in [-0.1, -0.05) is 25.1 Å². The molecule has 0 radical (unpaired) electrons. The van der Waals surface area contributed by atoms with Gasteiger partial charge in [-0.05, 0) is 18.1 Å². The topological polar surface area (TPSA) is 29.5 Å². The third-order valence-electron chi connectivity index (χ3n) is 1.57. The molecule has 0 atom stereocenters. The van der Waals surface area contributed by atoms with E-state index in [1.54, 1.807) is 7.11 Å². The highest BCUT2D eigenvalue weighted by molar-refractivity contribution is 5.32. The fourth-order valence-corrected chi connectivity index (χ4v) is 0.995. The van der Waals surface area contributed by atoms with Crippen LogP contribution < -0.4 is 4.74 Å². The molecule has 0 aromatic heterocycles. The van der Waals surface area contributed by atoms with Crippen LogP contribution >= 0.6 is 0 Å². The highest BCUT2D eigenvalue weighted by Gasteiger charge is 1.95. The first-order chi connectivity index (χ1) is 5.88. The first-order valence-electron chi connectivity index (χ1n) is 3.95. The van der Waals surface area contributed by atoms with E-state index in [0.29, 0.717) is 0 Å². The summed E-state index contributed by atoms with van der Waals surface area (Å²) in [6.07, 6.45) is 1.03. The lowest BCUT2D eigenvalue weighted by Crippen LogP contribution is -1.88. The third kappa shape index (κ3) is 2.93. The summed E-state index contributed by atoms with van der Waals surface area (Å²) in [5.41, 5.74) is 1.27. The lowest BCUT2D eigenvalue weighted by atomic mass is 10.1. The Hall–Kier alpha value is -1.02. The van der Waals surface area contributed by atoms with Crippen molar-refractivity contribution in [2.75, 3.05) is 14.2 Å². The molecule has 0 saturated heterocycles. The molecule has 0 saturated carbocycles. The largest absolute Gasteiger partial charge is 0.496 e. The molecule has 0 spiro atoms. The van der Waals surface area contributed by atoms with Crippen LogP contribution in [0.1, 0.15) is 12.5 Å². The lowest BCUT2D eigenvalue weighted by molar-refractivity contribution is 0.399. The number of benzene rings is 1. The molecule has 2 heteroatoms. The number of aliphatic hydroxyl groups excluding tert-OH is 1. The second-order valence-corrected chi connectivity index (χ2v) is 2.17. The average Bonchev–Trinajstić information content (AvgIpc) is 2.20. The summed E-state index contributed by atoms with van der Waals surface area (Å²) in [6.45, 7) is 2.12. The summed E-state index contributed by atoms with van der Waals surface area (Å²) in [5, 5.41) is 7.00. The first-order valence-corrected chi connectivity index (χ1v) is 3.95. The summed E-state index contributed by atoms with van der Waals surface area (Å²) in [6, 6.07) is 8.08. The minimum absolute atomic E-state index is 0.991. The van der Waals surface area contributed by atoms with Crippen molar-refractivity contribution in [2.45, 2.75) is 13.3 Å². The van der Waals surface area contributed by atoms with E-state index in [0.717, 1.165) is 19.3 Å². The van der Waals surface area contributed by atoms with E-state index >= 15 is 0 Å². The van der Waals surface area contributed by atoms with Crippen molar-refractivity contribution >= 4 is 0 Å². The van der Waals surface area contributed by atoms with Crippen LogP contribution in [0, 0.1) is 0 Å². The van der Waals surface area contributed by atoms with Gasteiger partial charge in [0.1, 0.15) is 5.75 Å². The van der Waals surface area contributed by atoms with Crippen molar-refractivity contribution in [3.05, 3.63) is 29.8 Å². The molecule has 0 aliphatic rings. The average molecular weight is 168 g/mol. The third-order valence-corrected chi connectivity index (χ3v) is 1.57. The van der Waals surface area contributed by atoms with Crippen LogP contribution in [0.15, 0.2) is 24.3 Å². The Kier molecular flexibility index (Phi) is 6.11. The van der Waals surface area contributed by atoms with Crippen LogP contribution in [0.3, 0.4) is 0 Å². The number of para-hydroxylation sites is 1. The van der Waals surface area contributed by atoms with Crippen molar-refractivity contribution in [3.63, 3.8) is 0 Å². The zero-order valence-electron chi connectivity index (χ0n) is 7.87. The van der Waals surface area contributed by atoms with E-state index in [2.05, 4.69) is 13.0 Å². The van der Waals surface area contributed by atoms with Crippen molar-refractivity contribution in [1.82, 2.24) is 0 Å². The Morgan fingerprint density at radius 2 is 1.83 bits per heavy atom. The maximum Gasteiger partial charge on any atom is 0.122 e. The van der Waals surface area contributed by atoms with Gasteiger partial charge in [0, 0.05) is 7.11 Å². The second-order valence-electron chi connectivity index (χ2n) is 2.17. The van der Waals surface area contributed by atoms with E-state index in [1.807, 2.05) is 18.2 Å². The number of aliphatic hydroxyl groups is 1. The second kappa shape index (κ2) is 6.68. The van der Waals surface area contributed by atoms with E-state index in [4.69, 9.17) is 9.84 Å². The number of hydrogen-bond donors (Lipinski definition) is 1. The van der Waals surface area contributed by atoms with Gasteiger partial charge in [-0.3, -0.25) is 0 Å². The normalized spacial score (nSPS) is 8.33. The molecule has 0 bridgehead atoms. The smallest absolute Gasteiger partial charge is 0.122 e. The van der Waals surface area contributed by atoms with Gasteiger partial charge in [0.05, 0.1) is 7.11 Å². The predicted molar refractivity (Wildman–Crippen MR) is 50.5 cm³/mol. The van der Waals surface area contributed by atoms with E-state index in [-0.39, 0.29) is 0 Å².